The fraction of sp³-hybridized carbons (Fsp3) is 0.250. The van der Waals surface area contributed by atoms with E-state index in [1.54, 1.807) is 18.2 Å². The summed E-state index contributed by atoms with van der Waals surface area (Å²) in [6.45, 7) is 1.58. The van der Waals surface area contributed by atoms with Crippen LogP contribution in [-0.4, -0.2) is 43.0 Å². The van der Waals surface area contributed by atoms with Crippen molar-refractivity contribution >= 4 is 15.7 Å². The number of nitro groups is 1. The predicted molar refractivity (Wildman–Crippen MR) is 90.2 cm³/mol. The molecule has 0 atom stereocenters. The summed E-state index contributed by atoms with van der Waals surface area (Å²) >= 11 is 0. The average Bonchev–Trinajstić information content (AvgIpc) is 2.55. The van der Waals surface area contributed by atoms with E-state index in [0.717, 1.165) is 9.87 Å². The van der Waals surface area contributed by atoms with Crippen molar-refractivity contribution in [3.05, 3.63) is 58.1 Å². The van der Waals surface area contributed by atoms with Crippen LogP contribution in [0, 0.1) is 17.0 Å². The first-order valence-electron chi connectivity index (χ1n) is 7.20. The van der Waals surface area contributed by atoms with Gasteiger partial charge in [-0.25, -0.2) is 8.42 Å². The molecule has 1 N–H and O–H groups in total. The molecule has 0 saturated heterocycles. The van der Waals surface area contributed by atoms with E-state index < -0.39 is 14.9 Å². The van der Waals surface area contributed by atoms with Gasteiger partial charge < -0.3 is 5.11 Å². The van der Waals surface area contributed by atoms with Crippen molar-refractivity contribution in [1.82, 2.24) is 4.31 Å². The van der Waals surface area contributed by atoms with Crippen LogP contribution in [0.15, 0.2) is 47.4 Å². The molecular weight excluding hydrogens is 332 g/mol. The second kappa shape index (κ2) is 7.08. The lowest BCUT2D eigenvalue weighted by Gasteiger charge is -2.16. The zero-order chi connectivity index (χ0) is 17.9. The maximum atomic E-state index is 12.3. The van der Waals surface area contributed by atoms with Crippen LogP contribution in [0.4, 0.5) is 5.69 Å². The highest BCUT2D eigenvalue weighted by Gasteiger charge is 2.20. The van der Waals surface area contributed by atoms with Crippen molar-refractivity contribution in [1.29, 1.82) is 0 Å². The molecular formula is C16H18N2O5S. The van der Waals surface area contributed by atoms with E-state index in [2.05, 4.69) is 0 Å². The number of likely N-dealkylation sites (N-methyl/N-ethyl adjacent to an activating group) is 1. The van der Waals surface area contributed by atoms with Gasteiger partial charge in [0.2, 0.25) is 10.0 Å². The lowest BCUT2D eigenvalue weighted by Crippen LogP contribution is -2.29. The number of aliphatic hydroxyl groups is 1. The van der Waals surface area contributed by atoms with Gasteiger partial charge in [0.05, 0.1) is 16.4 Å². The number of aliphatic hydroxyl groups excluding tert-OH is 1. The highest BCUT2D eigenvalue weighted by Crippen LogP contribution is 2.28. The minimum atomic E-state index is -3.67. The van der Waals surface area contributed by atoms with E-state index >= 15 is 0 Å². The average molecular weight is 350 g/mol. The number of hydrogen-bond donors (Lipinski definition) is 1. The maximum absolute atomic E-state index is 12.3. The van der Waals surface area contributed by atoms with Crippen LogP contribution in [0.2, 0.25) is 0 Å². The van der Waals surface area contributed by atoms with E-state index in [-0.39, 0.29) is 23.7 Å². The highest BCUT2D eigenvalue weighted by molar-refractivity contribution is 7.89. The van der Waals surface area contributed by atoms with Crippen LogP contribution in [0.3, 0.4) is 0 Å². The number of non-ortho nitro benzene ring substituents is 1. The molecule has 7 nitrogen and oxygen atoms in total. The molecule has 0 radical (unpaired) electrons. The smallest absolute Gasteiger partial charge is 0.270 e. The van der Waals surface area contributed by atoms with Crippen molar-refractivity contribution in [3.63, 3.8) is 0 Å². The number of sulfonamides is 1. The molecule has 0 saturated carbocycles. The maximum Gasteiger partial charge on any atom is 0.270 e. The third-order valence-corrected chi connectivity index (χ3v) is 5.59. The van der Waals surface area contributed by atoms with Crippen molar-refractivity contribution in [2.45, 2.75) is 11.8 Å². The third kappa shape index (κ3) is 3.61. The number of benzene rings is 2. The Bertz CT molecular complexity index is 847. The van der Waals surface area contributed by atoms with Gasteiger partial charge in [-0.2, -0.15) is 4.31 Å². The standard InChI is InChI=1S/C16H18N2O5S/c1-12-3-6-14(18(20)21)11-16(12)13-4-7-15(8-5-13)24(22,23)17(2)9-10-19/h3-8,11,19H,9-10H2,1-2H3. The number of aryl methyl sites for hydroxylation is 1. The normalized spacial score (nSPS) is 11.7. The zero-order valence-corrected chi connectivity index (χ0v) is 14.2. The molecule has 128 valence electrons. The molecule has 2 aromatic rings. The molecule has 0 unspecified atom stereocenters. The van der Waals surface area contributed by atoms with E-state index in [4.69, 9.17) is 5.11 Å². The summed E-state index contributed by atoms with van der Waals surface area (Å²) in [7, 11) is -2.27. The highest BCUT2D eigenvalue weighted by atomic mass is 32.2. The van der Waals surface area contributed by atoms with E-state index in [1.807, 2.05) is 6.92 Å². The summed E-state index contributed by atoms with van der Waals surface area (Å²) in [5, 5.41) is 19.8. The number of nitrogens with zero attached hydrogens (tertiary/aromatic N) is 2. The zero-order valence-electron chi connectivity index (χ0n) is 13.3. The van der Waals surface area contributed by atoms with Gasteiger partial charge in [0.25, 0.3) is 5.69 Å². The quantitative estimate of drug-likeness (QED) is 0.636. The molecule has 0 aliphatic carbocycles. The van der Waals surface area contributed by atoms with Gasteiger partial charge >= 0.3 is 0 Å². The van der Waals surface area contributed by atoms with Crippen LogP contribution in [0.5, 0.6) is 0 Å². The fourth-order valence-corrected chi connectivity index (χ4v) is 3.44. The first-order chi connectivity index (χ1) is 11.3. The van der Waals surface area contributed by atoms with Crippen LogP contribution in [0.1, 0.15) is 5.56 Å². The molecule has 0 aliphatic heterocycles. The molecule has 8 heteroatoms. The van der Waals surface area contributed by atoms with Crippen LogP contribution < -0.4 is 0 Å². The van der Waals surface area contributed by atoms with Crippen molar-refractivity contribution in [2.75, 3.05) is 20.2 Å². The Morgan fingerprint density at radius 1 is 1.17 bits per heavy atom. The SMILES string of the molecule is Cc1ccc([N+](=O)[O-])cc1-c1ccc(S(=O)(=O)N(C)CCO)cc1. The van der Waals surface area contributed by atoms with Gasteiger partial charge in [0, 0.05) is 25.7 Å². The molecule has 0 aromatic heterocycles. The Morgan fingerprint density at radius 2 is 1.79 bits per heavy atom. The van der Waals surface area contributed by atoms with E-state index in [1.165, 1.54) is 31.3 Å². The van der Waals surface area contributed by atoms with Crippen LogP contribution in [0.25, 0.3) is 11.1 Å². The van der Waals surface area contributed by atoms with Crippen molar-refractivity contribution in [3.8, 4) is 11.1 Å². The van der Waals surface area contributed by atoms with Crippen LogP contribution >= 0.6 is 0 Å². The molecule has 0 amide bonds. The summed E-state index contributed by atoms with van der Waals surface area (Å²) in [6.07, 6.45) is 0. The molecule has 24 heavy (non-hydrogen) atoms. The first kappa shape index (κ1) is 18.1. The largest absolute Gasteiger partial charge is 0.395 e. The van der Waals surface area contributed by atoms with Gasteiger partial charge in [-0.3, -0.25) is 10.1 Å². The second-order valence-corrected chi connectivity index (χ2v) is 7.38. The summed E-state index contributed by atoms with van der Waals surface area (Å²) < 4.78 is 25.7. The minimum Gasteiger partial charge on any atom is -0.395 e. The molecule has 2 rings (SSSR count). The second-order valence-electron chi connectivity index (χ2n) is 5.33. The van der Waals surface area contributed by atoms with E-state index in [9.17, 15) is 18.5 Å². The first-order valence-corrected chi connectivity index (χ1v) is 8.64. The third-order valence-electron chi connectivity index (χ3n) is 3.72. The van der Waals surface area contributed by atoms with Gasteiger partial charge in [0.1, 0.15) is 0 Å². The minimum absolute atomic E-state index is 0.00801. The van der Waals surface area contributed by atoms with Crippen LogP contribution in [-0.2, 0) is 10.0 Å². The Balaban J connectivity index is 2.40. The number of rotatable bonds is 6. The molecule has 0 heterocycles. The van der Waals surface area contributed by atoms with Gasteiger partial charge in [0.15, 0.2) is 0 Å². The summed E-state index contributed by atoms with van der Waals surface area (Å²) in [4.78, 5) is 10.6. The van der Waals surface area contributed by atoms with E-state index in [0.29, 0.717) is 11.1 Å². The van der Waals surface area contributed by atoms with Crippen molar-refractivity contribution < 1.29 is 18.4 Å². The van der Waals surface area contributed by atoms with Gasteiger partial charge in [-0.1, -0.05) is 18.2 Å². The summed E-state index contributed by atoms with van der Waals surface area (Å²) in [5.74, 6) is 0. The number of hydrogen-bond acceptors (Lipinski definition) is 5. The van der Waals surface area contributed by atoms with Crippen molar-refractivity contribution in [2.24, 2.45) is 0 Å². The molecule has 2 aromatic carbocycles. The topological polar surface area (TPSA) is 101 Å². The Labute approximate surface area is 140 Å². The molecule has 0 bridgehead atoms. The van der Waals surface area contributed by atoms with Gasteiger partial charge in [-0.05, 0) is 35.7 Å². The lowest BCUT2D eigenvalue weighted by atomic mass is 10.00. The monoisotopic (exact) mass is 350 g/mol. The summed E-state index contributed by atoms with van der Waals surface area (Å²) in [6, 6.07) is 10.7. The molecule has 0 aliphatic rings. The Morgan fingerprint density at radius 3 is 2.33 bits per heavy atom. The molecule has 0 fully saturated rings. The van der Waals surface area contributed by atoms with Gasteiger partial charge in [-0.15, -0.1) is 0 Å². The predicted octanol–water partition coefficient (Wildman–Crippen LogP) is 2.18. The lowest BCUT2D eigenvalue weighted by molar-refractivity contribution is -0.384. The number of nitro benzene ring substituents is 1. The Kier molecular flexibility index (Phi) is 5.33. The molecule has 0 spiro atoms. The summed E-state index contributed by atoms with van der Waals surface area (Å²) in [5.41, 5.74) is 2.21. The Hall–Kier alpha value is -2.29. The fourth-order valence-electron chi connectivity index (χ4n) is 2.28.